The molecule has 2 aliphatic rings. The molecule has 3 N–H and O–H groups in total. The van der Waals surface area contributed by atoms with Gasteiger partial charge in [-0.25, -0.2) is 4.79 Å². The first-order valence-corrected chi connectivity index (χ1v) is 8.80. The molecule has 1 aromatic carbocycles. The molecule has 0 unspecified atom stereocenters. The lowest BCUT2D eigenvalue weighted by molar-refractivity contribution is -0.116. The van der Waals surface area contributed by atoms with E-state index < -0.39 is 24.1 Å². The summed E-state index contributed by atoms with van der Waals surface area (Å²) in [5.74, 6) is -0.839. The molecule has 1 aromatic rings. The van der Waals surface area contributed by atoms with Crippen molar-refractivity contribution >= 4 is 17.6 Å². The number of amides is 3. The Balaban J connectivity index is 1.73. The van der Waals surface area contributed by atoms with Crippen LogP contribution in [0.2, 0.25) is 0 Å². The van der Waals surface area contributed by atoms with Crippen molar-refractivity contribution in [3.63, 3.8) is 0 Å². The zero-order valence-corrected chi connectivity index (χ0v) is 15.2. The number of fused-ring (bicyclic) bond motifs is 1. The summed E-state index contributed by atoms with van der Waals surface area (Å²) < 4.78 is 4.77. The fourth-order valence-electron chi connectivity index (χ4n) is 3.48. The number of rotatable bonds is 4. The van der Waals surface area contributed by atoms with E-state index in [1.807, 2.05) is 30.3 Å². The highest BCUT2D eigenvalue weighted by atomic mass is 16.7. The smallest absolute Gasteiger partial charge is 0.321 e. The minimum absolute atomic E-state index is 0.278. The van der Waals surface area contributed by atoms with Crippen molar-refractivity contribution in [1.29, 1.82) is 0 Å². The van der Waals surface area contributed by atoms with Crippen LogP contribution in [0.3, 0.4) is 0 Å². The van der Waals surface area contributed by atoms with Crippen molar-refractivity contribution in [3.05, 3.63) is 47.7 Å². The third-order valence-electron chi connectivity index (χ3n) is 4.79. The molecule has 1 fully saturated rings. The minimum atomic E-state index is -0.658. The van der Waals surface area contributed by atoms with Crippen LogP contribution in [0.25, 0.3) is 0 Å². The molecule has 8 nitrogen and oxygen atoms in total. The molecular formula is C19H23N3O5. The summed E-state index contributed by atoms with van der Waals surface area (Å²) >= 11 is 0. The second-order valence-electron chi connectivity index (χ2n) is 6.65. The van der Waals surface area contributed by atoms with Gasteiger partial charge in [-0.05, 0) is 25.3 Å². The van der Waals surface area contributed by atoms with Gasteiger partial charge in [-0.1, -0.05) is 35.5 Å². The average molecular weight is 373 g/mol. The van der Waals surface area contributed by atoms with Crippen LogP contribution in [0.4, 0.5) is 4.79 Å². The molecule has 4 atom stereocenters. The number of carbonyl (C=O) groups is 2. The molecule has 0 bridgehead atoms. The van der Waals surface area contributed by atoms with E-state index >= 15 is 0 Å². The minimum Gasteiger partial charge on any atom is -0.504 e. The van der Waals surface area contributed by atoms with Crippen LogP contribution in [-0.2, 0) is 14.4 Å². The van der Waals surface area contributed by atoms with Gasteiger partial charge in [-0.15, -0.1) is 0 Å². The Bertz CT molecular complexity index is 762. The first-order chi connectivity index (χ1) is 13.0. The zero-order valence-electron chi connectivity index (χ0n) is 15.2. The molecule has 3 amide bonds. The highest BCUT2D eigenvalue weighted by molar-refractivity contribution is 6.05. The molecular weight excluding hydrogens is 350 g/mol. The number of aliphatic hydroxyl groups is 1. The molecule has 1 heterocycles. The predicted molar refractivity (Wildman–Crippen MR) is 97.8 cm³/mol. The van der Waals surface area contributed by atoms with Crippen LogP contribution in [0.1, 0.15) is 25.3 Å². The van der Waals surface area contributed by atoms with E-state index in [0.29, 0.717) is 18.6 Å². The van der Waals surface area contributed by atoms with Crippen molar-refractivity contribution in [2.75, 3.05) is 7.11 Å². The monoisotopic (exact) mass is 373 g/mol. The number of urea groups is 1. The Morgan fingerprint density at radius 3 is 2.74 bits per heavy atom. The highest BCUT2D eigenvalue weighted by Crippen LogP contribution is 2.35. The van der Waals surface area contributed by atoms with Gasteiger partial charge in [0.15, 0.2) is 6.10 Å². The topological polar surface area (TPSA) is 109 Å². The molecule has 144 valence electrons. The summed E-state index contributed by atoms with van der Waals surface area (Å²) in [6.07, 6.45) is 1.10. The Morgan fingerprint density at radius 1 is 1.30 bits per heavy atom. The molecule has 8 heteroatoms. The van der Waals surface area contributed by atoms with Gasteiger partial charge in [0.2, 0.25) is 0 Å². The number of hydrogen-bond acceptors (Lipinski definition) is 6. The van der Waals surface area contributed by atoms with Crippen LogP contribution in [0.15, 0.2) is 47.3 Å². The van der Waals surface area contributed by atoms with Crippen LogP contribution < -0.4 is 10.6 Å². The van der Waals surface area contributed by atoms with Crippen molar-refractivity contribution in [2.24, 2.45) is 11.1 Å². The largest absolute Gasteiger partial charge is 0.504 e. The zero-order chi connectivity index (χ0) is 19.4. The fourth-order valence-corrected chi connectivity index (χ4v) is 3.48. The summed E-state index contributed by atoms with van der Waals surface area (Å²) in [4.78, 5) is 29.7. The number of carbonyl (C=O) groups excluding carboxylic acids is 2. The van der Waals surface area contributed by atoms with Gasteiger partial charge in [-0.3, -0.25) is 10.1 Å². The number of oxime groups is 1. The molecule has 27 heavy (non-hydrogen) atoms. The molecule has 1 aliphatic carbocycles. The number of imide groups is 1. The molecule has 1 saturated carbocycles. The maximum Gasteiger partial charge on any atom is 0.321 e. The quantitative estimate of drug-likeness (QED) is 0.545. The Labute approximate surface area is 157 Å². The van der Waals surface area contributed by atoms with Gasteiger partial charge < -0.3 is 20.0 Å². The van der Waals surface area contributed by atoms with Gasteiger partial charge in [0.1, 0.15) is 0 Å². The standard InChI is InChI=1S/C19H23N3O5/c1-11(10-26-2)18(24)21-19(25)20-13-8-9-14(23)17-15(13)16(22-27-17)12-6-4-3-5-7-12/h3-7,10,13-15,17,23H,8-9H2,1-2H3,(H2,20,21,24,25)/b11-10-/t13-,14+,15-,17-/m0/s1. The van der Waals surface area contributed by atoms with Gasteiger partial charge in [0.05, 0.1) is 31.1 Å². The van der Waals surface area contributed by atoms with E-state index in [0.717, 1.165) is 5.56 Å². The number of ether oxygens (including phenoxy) is 1. The number of benzene rings is 1. The first kappa shape index (κ1) is 18.9. The summed E-state index contributed by atoms with van der Waals surface area (Å²) in [5, 5.41) is 19.5. The second kappa shape index (κ2) is 8.22. The number of methoxy groups -OCH3 is 1. The maximum atomic E-state index is 12.3. The third-order valence-corrected chi connectivity index (χ3v) is 4.79. The average Bonchev–Trinajstić information content (AvgIpc) is 3.11. The first-order valence-electron chi connectivity index (χ1n) is 8.80. The van der Waals surface area contributed by atoms with Gasteiger partial charge >= 0.3 is 6.03 Å². The number of aliphatic hydroxyl groups excluding tert-OH is 1. The number of hydrogen-bond donors (Lipinski definition) is 3. The van der Waals surface area contributed by atoms with E-state index in [1.54, 1.807) is 6.92 Å². The summed E-state index contributed by atoms with van der Waals surface area (Å²) in [6.45, 7) is 1.55. The normalized spacial score (nSPS) is 27.1. The van der Waals surface area contributed by atoms with Crippen molar-refractivity contribution < 1.29 is 24.3 Å². The van der Waals surface area contributed by atoms with Crippen LogP contribution in [0.5, 0.6) is 0 Å². The predicted octanol–water partition coefficient (Wildman–Crippen LogP) is 1.30. The molecule has 0 radical (unpaired) electrons. The third kappa shape index (κ3) is 4.11. The molecule has 0 spiro atoms. The highest BCUT2D eigenvalue weighted by Gasteiger charge is 2.48. The summed E-state index contributed by atoms with van der Waals surface area (Å²) in [5.41, 5.74) is 1.84. The fraction of sp³-hybridized carbons (Fsp3) is 0.421. The van der Waals surface area contributed by atoms with E-state index in [9.17, 15) is 14.7 Å². The van der Waals surface area contributed by atoms with Crippen molar-refractivity contribution in [1.82, 2.24) is 10.6 Å². The van der Waals surface area contributed by atoms with Gasteiger partial charge in [0, 0.05) is 11.6 Å². The molecule has 3 rings (SSSR count). The SMILES string of the molecule is CO/C=C(/C)C(=O)NC(=O)N[C@H]1CC[C@@H](O)[C@@H]2ON=C(c3ccccc3)[C@@H]21. The Kier molecular flexibility index (Phi) is 5.75. The van der Waals surface area contributed by atoms with Gasteiger partial charge in [0.25, 0.3) is 5.91 Å². The van der Waals surface area contributed by atoms with Crippen molar-refractivity contribution in [3.8, 4) is 0 Å². The van der Waals surface area contributed by atoms with E-state index in [4.69, 9.17) is 9.57 Å². The number of nitrogens with one attached hydrogen (secondary N) is 2. The summed E-state index contributed by atoms with van der Waals surface area (Å²) in [6, 6.07) is 8.57. The van der Waals surface area contributed by atoms with Crippen LogP contribution >= 0.6 is 0 Å². The molecule has 0 saturated heterocycles. The summed E-state index contributed by atoms with van der Waals surface area (Å²) in [7, 11) is 1.43. The maximum absolute atomic E-state index is 12.3. The van der Waals surface area contributed by atoms with Crippen LogP contribution in [-0.4, -0.2) is 48.1 Å². The number of nitrogens with zero attached hydrogens (tertiary/aromatic N) is 1. The van der Waals surface area contributed by atoms with Crippen LogP contribution in [0, 0.1) is 5.92 Å². The van der Waals surface area contributed by atoms with Crippen molar-refractivity contribution in [2.45, 2.75) is 38.0 Å². The lowest BCUT2D eigenvalue weighted by Crippen LogP contribution is -2.55. The molecule has 0 aromatic heterocycles. The van der Waals surface area contributed by atoms with Gasteiger partial charge in [-0.2, -0.15) is 0 Å². The lowest BCUT2D eigenvalue weighted by atomic mass is 9.76. The van der Waals surface area contributed by atoms with E-state index in [-0.39, 0.29) is 17.5 Å². The van der Waals surface area contributed by atoms with E-state index in [2.05, 4.69) is 15.8 Å². The lowest BCUT2D eigenvalue weighted by Gasteiger charge is -2.35. The second-order valence-corrected chi connectivity index (χ2v) is 6.65. The van der Waals surface area contributed by atoms with E-state index in [1.165, 1.54) is 13.4 Å². The Hall–Kier alpha value is -2.87. The Morgan fingerprint density at radius 2 is 2.04 bits per heavy atom. The molecule has 1 aliphatic heterocycles.